The van der Waals surface area contributed by atoms with Gasteiger partial charge in [-0.3, -0.25) is 43.2 Å². The van der Waals surface area contributed by atoms with E-state index in [4.69, 9.17) is 16.3 Å². The van der Waals surface area contributed by atoms with Crippen LogP contribution in [0.4, 0.5) is 17.1 Å². The Bertz CT molecular complexity index is 3080. The van der Waals surface area contributed by atoms with Crippen molar-refractivity contribution in [3.05, 3.63) is 189 Å². The van der Waals surface area contributed by atoms with Crippen LogP contribution in [0.1, 0.15) is 110 Å². The van der Waals surface area contributed by atoms with Gasteiger partial charge in [-0.05, 0) is 91.2 Å². The fourth-order valence-electron chi connectivity index (χ4n) is 7.99. The standard InChI is InChI=1S/C19H16N2O4.C17H11ClN2O3.C17H18N2O3/c1-11-18(23)17-14(19(24)20-11)4-3-5-15(17)21-16(22)10-12-6-8-13(25-2)9-7-12;1-9-15(21)13-6-5-12(8-14(13)17(23)19-9)20-16(22)10-3-2-4-11(18)7-10;1-10-15(20)14-12(17(22)18-10)8-5-9-13(14)19-16(21)11-6-3-2-4-7-11/h3-9H,1,10H2,2H3,(H,20,24)(H,21,22);2-8H,1H2,(H,19,23)(H,20,22);5,8-9,11H,1-4,6-7H2,(H,18,22)(H,19,21). The third kappa shape index (κ3) is 11.2. The Morgan fingerprint density at radius 2 is 1.14 bits per heavy atom. The quantitative estimate of drug-likeness (QED) is 0.0820. The number of allylic oxidation sites excluding steroid dienone is 3. The Hall–Kier alpha value is -8.76. The third-order valence-corrected chi connectivity index (χ3v) is 11.8. The van der Waals surface area contributed by atoms with E-state index < -0.39 is 17.6 Å². The van der Waals surface area contributed by atoms with Crippen LogP contribution < -0.4 is 36.6 Å². The van der Waals surface area contributed by atoms with Crippen LogP contribution in [0.5, 0.6) is 5.75 Å². The lowest BCUT2D eigenvalue weighted by atomic mass is 9.88. The van der Waals surface area contributed by atoms with E-state index in [0.29, 0.717) is 33.4 Å². The first-order chi connectivity index (χ1) is 33.5. The van der Waals surface area contributed by atoms with Gasteiger partial charge < -0.3 is 36.6 Å². The van der Waals surface area contributed by atoms with E-state index in [0.717, 1.165) is 31.2 Å². The molecule has 9 rings (SSSR count). The second-order valence-corrected chi connectivity index (χ2v) is 16.8. The number of hydrogen-bond donors (Lipinski definition) is 6. The van der Waals surface area contributed by atoms with Gasteiger partial charge in [-0.2, -0.15) is 0 Å². The monoisotopic (exact) mass is 960 g/mol. The number of hydrogen-bond acceptors (Lipinski definition) is 10. The second-order valence-electron chi connectivity index (χ2n) is 16.4. The minimum atomic E-state index is -0.427. The Morgan fingerprint density at radius 3 is 1.71 bits per heavy atom. The summed E-state index contributed by atoms with van der Waals surface area (Å²) >= 11 is 5.86. The molecule has 3 heterocycles. The van der Waals surface area contributed by atoms with E-state index in [-0.39, 0.29) is 98.0 Å². The van der Waals surface area contributed by atoms with Crippen LogP contribution in [-0.4, -0.2) is 59.9 Å². The largest absolute Gasteiger partial charge is 0.497 e. The maximum Gasteiger partial charge on any atom is 0.256 e. The summed E-state index contributed by atoms with van der Waals surface area (Å²) in [4.78, 5) is 109. The van der Waals surface area contributed by atoms with Crippen LogP contribution in [0.2, 0.25) is 5.02 Å². The maximum atomic E-state index is 12.4. The number of amides is 6. The van der Waals surface area contributed by atoms with Crippen molar-refractivity contribution in [1.29, 1.82) is 0 Å². The molecule has 0 spiro atoms. The molecule has 5 aromatic rings. The van der Waals surface area contributed by atoms with E-state index in [1.165, 1.54) is 30.7 Å². The fourth-order valence-corrected chi connectivity index (χ4v) is 8.18. The highest BCUT2D eigenvalue weighted by Crippen LogP contribution is 2.30. The van der Waals surface area contributed by atoms with Crippen LogP contribution in [-0.2, 0) is 16.0 Å². The molecule has 0 bridgehead atoms. The lowest BCUT2D eigenvalue weighted by molar-refractivity contribution is -0.120. The van der Waals surface area contributed by atoms with Gasteiger partial charge in [0.15, 0.2) is 0 Å². The van der Waals surface area contributed by atoms with Gasteiger partial charge in [-0.15, -0.1) is 0 Å². The number of ketones is 3. The molecule has 0 unspecified atom stereocenters. The van der Waals surface area contributed by atoms with E-state index in [9.17, 15) is 43.2 Å². The number of halogens is 1. The molecule has 5 aromatic carbocycles. The van der Waals surface area contributed by atoms with Crippen LogP contribution >= 0.6 is 11.6 Å². The molecule has 0 atom stereocenters. The van der Waals surface area contributed by atoms with Crippen molar-refractivity contribution in [2.75, 3.05) is 23.1 Å². The molecule has 17 heteroatoms. The predicted molar refractivity (Wildman–Crippen MR) is 262 cm³/mol. The van der Waals surface area contributed by atoms with E-state index in [2.05, 4.69) is 51.6 Å². The average Bonchev–Trinajstić information content (AvgIpc) is 3.35. The highest BCUT2D eigenvalue weighted by Gasteiger charge is 2.32. The summed E-state index contributed by atoms with van der Waals surface area (Å²) < 4.78 is 5.08. The summed E-state index contributed by atoms with van der Waals surface area (Å²) in [5.74, 6) is -2.34. The Morgan fingerprint density at radius 1 is 0.600 bits per heavy atom. The zero-order valence-corrected chi connectivity index (χ0v) is 38.5. The lowest BCUT2D eigenvalue weighted by Crippen LogP contribution is -2.35. The molecule has 0 saturated heterocycles. The smallest absolute Gasteiger partial charge is 0.256 e. The average molecular weight is 961 g/mol. The van der Waals surface area contributed by atoms with Crippen molar-refractivity contribution < 1.29 is 47.9 Å². The van der Waals surface area contributed by atoms with Crippen molar-refractivity contribution in [2.45, 2.75) is 38.5 Å². The number of Topliss-reactive ketones (excluding diaryl/α,β-unsaturated/α-hetero) is 3. The first-order valence-electron chi connectivity index (χ1n) is 21.9. The fraction of sp³-hybridized carbons (Fsp3) is 0.151. The van der Waals surface area contributed by atoms with Gasteiger partial charge in [-0.25, -0.2) is 0 Å². The number of carbonyl (C=O) groups is 9. The van der Waals surface area contributed by atoms with Gasteiger partial charge in [0.2, 0.25) is 29.2 Å². The molecule has 3 aliphatic heterocycles. The molecule has 354 valence electrons. The predicted octanol–water partition coefficient (Wildman–Crippen LogP) is 7.99. The zero-order chi connectivity index (χ0) is 50.2. The van der Waals surface area contributed by atoms with Gasteiger partial charge in [0.1, 0.15) is 5.75 Å². The van der Waals surface area contributed by atoms with Crippen LogP contribution in [0, 0.1) is 5.92 Å². The van der Waals surface area contributed by atoms with E-state index >= 15 is 0 Å². The number of benzene rings is 5. The molecule has 70 heavy (non-hydrogen) atoms. The first-order valence-corrected chi connectivity index (χ1v) is 22.3. The molecule has 6 amide bonds. The number of rotatable bonds is 8. The Kier molecular flexibility index (Phi) is 15.1. The van der Waals surface area contributed by atoms with Gasteiger partial charge in [-0.1, -0.05) is 80.9 Å². The SMILES string of the molecule is C=C1NC(=O)c2cc(NC(=O)c3cccc(Cl)c3)ccc2C1=O.C=C1NC(=O)c2cccc(NC(=O)C3CCCCC3)c2C1=O.C=C1NC(=O)c2cccc(NC(=O)Cc3ccc(OC)cc3)c2C1=O. The molecule has 1 fully saturated rings. The maximum absolute atomic E-state index is 12.4. The number of anilines is 3. The number of nitrogens with one attached hydrogen (secondary N) is 6. The van der Waals surface area contributed by atoms with Crippen molar-refractivity contribution >= 4 is 81.5 Å². The molecule has 1 aliphatic carbocycles. The van der Waals surface area contributed by atoms with Crippen LogP contribution in [0.15, 0.2) is 140 Å². The number of carbonyl (C=O) groups excluding carboxylic acids is 9. The Labute approximate surface area is 406 Å². The number of ether oxygens (including phenoxy) is 1. The topological polar surface area (TPSA) is 235 Å². The van der Waals surface area contributed by atoms with Crippen molar-refractivity contribution in [1.82, 2.24) is 16.0 Å². The normalized spacial score (nSPS) is 14.9. The molecule has 16 nitrogen and oxygen atoms in total. The summed E-state index contributed by atoms with van der Waals surface area (Å²) in [6.07, 6.45) is 5.17. The summed E-state index contributed by atoms with van der Waals surface area (Å²) in [5, 5.41) is 15.9. The van der Waals surface area contributed by atoms with Crippen molar-refractivity contribution in [3.8, 4) is 5.75 Å². The molecule has 6 N–H and O–H groups in total. The zero-order valence-electron chi connectivity index (χ0n) is 37.7. The first kappa shape index (κ1) is 49.2. The summed E-state index contributed by atoms with van der Waals surface area (Å²) in [7, 11) is 1.57. The molecule has 0 radical (unpaired) electrons. The van der Waals surface area contributed by atoms with Gasteiger partial charge in [0.05, 0.1) is 69.8 Å². The van der Waals surface area contributed by atoms with Gasteiger partial charge >= 0.3 is 0 Å². The highest BCUT2D eigenvalue weighted by molar-refractivity contribution is 6.31. The van der Waals surface area contributed by atoms with E-state index in [1.54, 1.807) is 86.0 Å². The third-order valence-electron chi connectivity index (χ3n) is 11.6. The lowest BCUT2D eigenvalue weighted by Gasteiger charge is -2.23. The molecular weight excluding hydrogens is 916 g/mol. The Balaban J connectivity index is 0.000000155. The molecular formula is C53H45ClN6O10. The summed E-state index contributed by atoms with van der Waals surface area (Å²) in [6, 6.07) is 27.8. The molecule has 4 aliphatic rings. The summed E-state index contributed by atoms with van der Waals surface area (Å²) in [6.45, 7) is 10.6. The number of methoxy groups -OCH3 is 1. The van der Waals surface area contributed by atoms with Gasteiger partial charge in [0, 0.05) is 27.8 Å². The van der Waals surface area contributed by atoms with E-state index in [1.807, 2.05) is 0 Å². The second kappa shape index (κ2) is 21.5. The highest BCUT2D eigenvalue weighted by atomic mass is 35.5. The van der Waals surface area contributed by atoms with Crippen LogP contribution in [0.25, 0.3) is 0 Å². The minimum Gasteiger partial charge on any atom is -0.497 e. The van der Waals surface area contributed by atoms with Crippen LogP contribution in [0.3, 0.4) is 0 Å². The van der Waals surface area contributed by atoms with Crippen molar-refractivity contribution in [2.24, 2.45) is 5.92 Å². The summed E-state index contributed by atoms with van der Waals surface area (Å²) in [5.41, 5.74) is 3.74. The molecule has 0 aromatic heterocycles. The van der Waals surface area contributed by atoms with Crippen molar-refractivity contribution in [3.63, 3.8) is 0 Å². The van der Waals surface area contributed by atoms with Gasteiger partial charge in [0.25, 0.3) is 23.6 Å². The minimum absolute atomic E-state index is 0.00523. The number of fused-ring (bicyclic) bond motifs is 3. The molecule has 1 saturated carbocycles.